The number of anilines is 1. The molecule has 1 aliphatic heterocycles. The third kappa shape index (κ3) is 3.14. The first-order valence-corrected chi connectivity index (χ1v) is 11.0. The van der Waals surface area contributed by atoms with E-state index in [4.69, 9.17) is 25.2 Å². The zero-order valence-electron chi connectivity index (χ0n) is 18.9. The van der Waals surface area contributed by atoms with E-state index < -0.39 is 6.17 Å². The molecule has 0 amide bonds. The van der Waals surface area contributed by atoms with Crippen LogP contribution in [0.5, 0.6) is 11.5 Å². The van der Waals surface area contributed by atoms with Crippen LogP contribution >= 0.6 is 0 Å². The molecule has 34 heavy (non-hydrogen) atoms. The molecule has 3 aromatic carbocycles. The third-order valence-electron chi connectivity index (χ3n) is 6.22. The Bertz CT molecular complexity index is 1550. The summed E-state index contributed by atoms with van der Waals surface area (Å²) in [7, 11) is 3.33. The largest absolute Gasteiger partial charge is 0.497 e. The highest BCUT2D eigenvalue weighted by Gasteiger charge is 2.29. The topological polar surface area (TPSA) is 91.6 Å². The van der Waals surface area contributed by atoms with Crippen LogP contribution in [0.2, 0.25) is 0 Å². The number of guanidine groups is 1. The molecule has 8 nitrogen and oxygen atoms in total. The molecule has 0 saturated carbocycles. The number of methoxy groups -OCH3 is 2. The number of aromatic nitrogens is 3. The first-order chi connectivity index (χ1) is 16.7. The lowest BCUT2D eigenvalue weighted by Crippen LogP contribution is -2.31. The van der Waals surface area contributed by atoms with Gasteiger partial charge in [-0.25, -0.2) is 9.98 Å². The lowest BCUT2D eigenvalue weighted by atomic mass is 10.1. The molecule has 6 rings (SSSR count). The van der Waals surface area contributed by atoms with Gasteiger partial charge < -0.3 is 19.8 Å². The number of fused-ring (bicyclic) bond motifs is 4. The summed E-state index contributed by atoms with van der Waals surface area (Å²) in [5.74, 6) is 2.43. The van der Waals surface area contributed by atoms with Gasteiger partial charge in [-0.15, -0.1) is 0 Å². The maximum Gasteiger partial charge on any atom is 0.212 e. The molecule has 170 valence electrons. The van der Waals surface area contributed by atoms with E-state index in [9.17, 15) is 0 Å². The number of para-hydroxylation sites is 2. The predicted octanol–water partition coefficient (Wildman–Crippen LogP) is 4.34. The summed E-state index contributed by atoms with van der Waals surface area (Å²) < 4.78 is 15.7. The van der Waals surface area contributed by atoms with E-state index >= 15 is 0 Å². The van der Waals surface area contributed by atoms with Crippen LogP contribution in [0.25, 0.3) is 21.9 Å². The molecule has 3 N–H and O–H groups in total. The van der Waals surface area contributed by atoms with Crippen molar-refractivity contribution in [2.75, 3.05) is 19.5 Å². The van der Waals surface area contributed by atoms with Crippen LogP contribution < -0.4 is 20.5 Å². The summed E-state index contributed by atoms with van der Waals surface area (Å²) in [5, 5.41) is 4.08. The van der Waals surface area contributed by atoms with Crippen molar-refractivity contribution in [3.63, 3.8) is 0 Å². The van der Waals surface area contributed by atoms with Crippen molar-refractivity contribution in [1.82, 2.24) is 14.1 Å². The maximum absolute atomic E-state index is 6.22. The molecule has 8 heteroatoms. The normalized spacial score (nSPS) is 15.1. The minimum atomic E-state index is -0.412. The van der Waals surface area contributed by atoms with Crippen molar-refractivity contribution in [3.05, 3.63) is 84.1 Å². The molecule has 0 spiro atoms. The molecular formula is C26H24N6O2. The van der Waals surface area contributed by atoms with Crippen LogP contribution in [-0.2, 0) is 6.54 Å². The number of rotatable bonds is 5. The van der Waals surface area contributed by atoms with Gasteiger partial charge in [-0.3, -0.25) is 9.88 Å². The van der Waals surface area contributed by atoms with E-state index in [1.807, 2.05) is 54.6 Å². The van der Waals surface area contributed by atoms with Gasteiger partial charge in [0, 0.05) is 35.8 Å². The molecule has 5 aromatic rings. The van der Waals surface area contributed by atoms with E-state index in [1.165, 1.54) is 5.56 Å². The fraction of sp³-hybridized carbons (Fsp3) is 0.154. The van der Waals surface area contributed by atoms with Crippen LogP contribution in [-0.4, -0.2) is 34.3 Å². The Morgan fingerprint density at radius 1 is 0.971 bits per heavy atom. The van der Waals surface area contributed by atoms with E-state index in [1.54, 1.807) is 14.2 Å². The van der Waals surface area contributed by atoms with E-state index in [0.717, 1.165) is 39.0 Å². The van der Waals surface area contributed by atoms with Gasteiger partial charge in [0.15, 0.2) is 12.1 Å². The molecule has 0 saturated heterocycles. The molecule has 1 aliphatic rings. The van der Waals surface area contributed by atoms with Crippen LogP contribution in [0.1, 0.15) is 17.3 Å². The van der Waals surface area contributed by atoms with Crippen LogP contribution in [0.15, 0.2) is 77.9 Å². The summed E-state index contributed by atoms with van der Waals surface area (Å²) in [6.07, 6.45) is 1.72. The Morgan fingerprint density at radius 3 is 2.56 bits per heavy atom. The smallest absolute Gasteiger partial charge is 0.212 e. The first kappa shape index (κ1) is 20.2. The SMILES string of the molecule is COc1cc(OC)c2c([C@H]3N=C(N)Nc4nc5ccccc5n43)cn(Cc3ccccc3)c2c1. The molecule has 0 aliphatic carbocycles. The number of aliphatic imine (C=N–C) groups is 1. The number of nitrogens with two attached hydrogens (primary N) is 1. The second kappa shape index (κ2) is 7.84. The lowest BCUT2D eigenvalue weighted by molar-refractivity contribution is 0.397. The van der Waals surface area contributed by atoms with Crippen LogP contribution in [0.3, 0.4) is 0 Å². The van der Waals surface area contributed by atoms with Gasteiger partial charge in [-0.05, 0) is 17.7 Å². The second-order valence-electron chi connectivity index (χ2n) is 8.23. The summed E-state index contributed by atoms with van der Waals surface area (Å²) in [6.45, 7) is 0.690. The van der Waals surface area contributed by atoms with E-state index in [-0.39, 0.29) is 0 Å². The molecule has 0 unspecified atom stereocenters. The highest BCUT2D eigenvalue weighted by atomic mass is 16.5. The van der Waals surface area contributed by atoms with Gasteiger partial charge in [-0.2, -0.15) is 0 Å². The molecular weight excluding hydrogens is 428 g/mol. The van der Waals surface area contributed by atoms with Gasteiger partial charge >= 0.3 is 0 Å². The van der Waals surface area contributed by atoms with Gasteiger partial charge in [0.05, 0.1) is 30.8 Å². The number of nitrogens with one attached hydrogen (secondary N) is 1. The Kier molecular flexibility index (Phi) is 4.65. The standard InChI is InChI=1S/C26H24N6O2/c1-33-17-12-21-23(22(13-17)34-2)18(15-31(21)14-16-8-4-3-5-9-16)24-29-25(27)30-26-28-19-10-6-7-11-20(19)32(24)26/h3-13,15,24H,14H2,1-2H3,(H3,27,28,29,30)/t24-/m0/s1. The number of hydrogen-bond acceptors (Lipinski definition) is 6. The van der Waals surface area contributed by atoms with Crippen LogP contribution in [0, 0.1) is 0 Å². The van der Waals surface area contributed by atoms with Crippen molar-refractivity contribution < 1.29 is 9.47 Å². The third-order valence-corrected chi connectivity index (χ3v) is 6.22. The average Bonchev–Trinajstić information content (AvgIpc) is 3.41. The molecule has 3 heterocycles. The van der Waals surface area contributed by atoms with E-state index in [0.29, 0.717) is 18.5 Å². The van der Waals surface area contributed by atoms with E-state index in [2.05, 4.69) is 32.8 Å². The fourth-order valence-corrected chi connectivity index (χ4v) is 4.71. The van der Waals surface area contributed by atoms with Crippen molar-refractivity contribution in [3.8, 4) is 11.5 Å². The predicted molar refractivity (Wildman–Crippen MR) is 134 cm³/mol. The number of imidazole rings is 1. The highest BCUT2D eigenvalue weighted by Crippen LogP contribution is 2.42. The zero-order valence-corrected chi connectivity index (χ0v) is 18.9. The molecule has 0 fully saturated rings. The Labute approximate surface area is 196 Å². The first-order valence-electron chi connectivity index (χ1n) is 11.0. The second-order valence-corrected chi connectivity index (χ2v) is 8.23. The minimum absolute atomic E-state index is 0.323. The summed E-state index contributed by atoms with van der Waals surface area (Å²) in [5.41, 5.74) is 11.2. The average molecular weight is 453 g/mol. The molecule has 0 radical (unpaired) electrons. The number of hydrogen-bond donors (Lipinski definition) is 2. The Morgan fingerprint density at radius 2 is 1.76 bits per heavy atom. The molecule has 1 atom stereocenters. The highest BCUT2D eigenvalue weighted by molar-refractivity contribution is 5.97. The fourth-order valence-electron chi connectivity index (χ4n) is 4.71. The van der Waals surface area contributed by atoms with Crippen molar-refractivity contribution in [1.29, 1.82) is 0 Å². The van der Waals surface area contributed by atoms with Gasteiger partial charge in [0.1, 0.15) is 11.5 Å². The molecule has 2 aromatic heterocycles. The number of benzene rings is 3. The number of ether oxygens (including phenoxy) is 2. The van der Waals surface area contributed by atoms with Crippen molar-refractivity contribution >= 4 is 33.8 Å². The van der Waals surface area contributed by atoms with Crippen LogP contribution in [0.4, 0.5) is 5.95 Å². The summed E-state index contributed by atoms with van der Waals surface area (Å²) in [6, 6.07) is 22.3. The van der Waals surface area contributed by atoms with Gasteiger partial charge in [-0.1, -0.05) is 42.5 Å². The zero-order chi connectivity index (χ0) is 23.2. The Hall–Kier alpha value is -4.46. The lowest BCUT2D eigenvalue weighted by Gasteiger charge is -2.23. The van der Waals surface area contributed by atoms with Crippen molar-refractivity contribution in [2.45, 2.75) is 12.7 Å². The monoisotopic (exact) mass is 452 g/mol. The Balaban J connectivity index is 1.62. The number of nitrogens with zero attached hydrogens (tertiary/aromatic N) is 4. The van der Waals surface area contributed by atoms with Gasteiger partial charge in [0.25, 0.3) is 0 Å². The summed E-state index contributed by atoms with van der Waals surface area (Å²) >= 11 is 0. The molecule has 0 bridgehead atoms. The van der Waals surface area contributed by atoms with Crippen molar-refractivity contribution in [2.24, 2.45) is 10.7 Å². The maximum atomic E-state index is 6.22. The minimum Gasteiger partial charge on any atom is -0.497 e. The van der Waals surface area contributed by atoms with Gasteiger partial charge in [0.2, 0.25) is 5.95 Å². The quantitative estimate of drug-likeness (QED) is 0.414. The summed E-state index contributed by atoms with van der Waals surface area (Å²) in [4.78, 5) is 9.55.